The highest BCUT2D eigenvalue weighted by Gasteiger charge is 2.14. The Morgan fingerprint density at radius 3 is 2.85 bits per heavy atom. The molecule has 2 N–H and O–H groups in total. The Labute approximate surface area is 119 Å². The van der Waals surface area contributed by atoms with Crippen LogP contribution in [-0.4, -0.2) is 33.2 Å². The number of nitrogens with zero attached hydrogens (tertiary/aromatic N) is 4. The molecule has 0 atom stereocenters. The second kappa shape index (κ2) is 5.32. The third kappa shape index (κ3) is 2.63. The van der Waals surface area contributed by atoms with E-state index in [-0.39, 0.29) is 12.6 Å². The fourth-order valence-corrected chi connectivity index (χ4v) is 1.74. The van der Waals surface area contributed by atoms with Crippen molar-refractivity contribution < 1.29 is 9.73 Å². The highest BCUT2D eigenvalue weighted by molar-refractivity contribution is 6.30. The van der Waals surface area contributed by atoms with Crippen molar-refractivity contribution in [3.63, 3.8) is 0 Å². The maximum absolute atomic E-state index is 9.59. The Morgan fingerprint density at radius 1 is 1.30 bits per heavy atom. The zero-order chi connectivity index (χ0) is 13.9. The molecule has 1 aromatic carbocycles. The van der Waals surface area contributed by atoms with Gasteiger partial charge in [0.15, 0.2) is 5.82 Å². The number of hydrogen-bond acceptors (Lipinski definition) is 7. The summed E-state index contributed by atoms with van der Waals surface area (Å²) >= 11 is 5.82. The highest BCUT2D eigenvalue weighted by atomic mass is 35.5. The maximum atomic E-state index is 9.59. The first-order valence-corrected chi connectivity index (χ1v) is 6.15. The van der Waals surface area contributed by atoms with E-state index in [4.69, 9.17) is 16.1 Å². The molecule has 0 amide bonds. The molecule has 8 heteroatoms. The molecule has 1 aliphatic heterocycles. The second-order valence-corrected chi connectivity index (χ2v) is 4.42. The van der Waals surface area contributed by atoms with Crippen LogP contribution in [0.5, 0.6) is 0 Å². The largest absolute Gasteiger partial charge is 0.327 e. The van der Waals surface area contributed by atoms with Gasteiger partial charge in [-0.3, -0.25) is 15.5 Å². The van der Waals surface area contributed by atoms with Crippen molar-refractivity contribution in [1.82, 2.24) is 15.2 Å². The van der Waals surface area contributed by atoms with Gasteiger partial charge in [0.2, 0.25) is 5.82 Å². The highest BCUT2D eigenvalue weighted by Crippen LogP contribution is 2.21. The smallest absolute Gasteiger partial charge is 0.315 e. The Kier molecular flexibility index (Phi) is 3.36. The van der Waals surface area contributed by atoms with Crippen LogP contribution >= 0.6 is 11.6 Å². The van der Waals surface area contributed by atoms with E-state index < -0.39 is 0 Å². The molecule has 0 saturated heterocycles. The van der Waals surface area contributed by atoms with Crippen molar-refractivity contribution in [3.05, 3.63) is 41.3 Å². The Balaban J connectivity index is 1.78. The van der Waals surface area contributed by atoms with Gasteiger partial charge in [0, 0.05) is 16.8 Å². The molecule has 2 aromatic rings. The minimum Gasteiger partial charge on any atom is -0.315 e. The molecule has 102 valence electrons. The first kappa shape index (κ1) is 12.6. The Bertz CT molecular complexity index is 665. The first-order valence-electron chi connectivity index (χ1n) is 5.77. The Hall–Kier alpha value is -2.38. The summed E-state index contributed by atoms with van der Waals surface area (Å²) in [5.41, 5.74) is 0.780. The number of hydroxylamine groups is 2. The molecule has 1 aromatic heterocycles. The van der Waals surface area contributed by atoms with Gasteiger partial charge in [-0.1, -0.05) is 16.8 Å². The average Bonchev–Trinajstić information content (AvgIpc) is 2.91. The summed E-state index contributed by atoms with van der Waals surface area (Å²) in [6.45, 7) is 0.289. The molecular weight excluding hydrogens is 282 g/mol. The van der Waals surface area contributed by atoms with Crippen molar-refractivity contribution in [2.45, 2.75) is 0 Å². The summed E-state index contributed by atoms with van der Waals surface area (Å²) < 4.78 is 5.06. The van der Waals surface area contributed by atoms with E-state index in [0.717, 1.165) is 10.6 Å². The van der Waals surface area contributed by atoms with E-state index in [1.54, 1.807) is 30.5 Å². The van der Waals surface area contributed by atoms with Gasteiger partial charge in [0.25, 0.3) is 0 Å². The minimum atomic E-state index is 0.164. The number of aromatic nitrogens is 2. The molecule has 0 saturated carbocycles. The van der Waals surface area contributed by atoms with Crippen LogP contribution in [0.1, 0.15) is 0 Å². The van der Waals surface area contributed by atoms with E-state index in [9.17, 15) is 5.21 Å². The van der Waals surface area contributed by atoms with E-state index in [1.165, 1.54) is 6.20 Å². The van der Waals surface area contributed by atoms with Crippen molar-refractivity contribution in [1.29, 1.82) is 0 Å². The van der Waals surface area contributed by atoms with Gasteiger partial charge in [-0.15, -0.1) is 0 Å². The lowest BCUT2D eigenvalue weighted by Gasteiger charge is -2.19. The quantitative estimate of drug-likeness (QED) is 0.903. The lowest BCUT2D eigenvalue weighted by atomic mass is 10.2. The SMILES string of the molecule is ON1CC=NC=C1Nc1nc(-c2ccc(Cl)cc2)no1. The number of hydrogen-bond donors (Lipinski definition) is 2. The van der Waals surface area contributed by atoms with E-state index >= 15 is 0 Å². The second-order valence-electron chi connectivity index (χ2n) is 3.98. The van der Waals surface area contributed by atoms with Crippen LogP contribution in [0.3, 0.4) is 0 Å². The van der Waals surface area contributed by atoms with Crippen LogP contribution in [0.25, 0.3) is 11.4 Å². The van der Waals surface area contributed by atoms with Crippen molar-refractivity contribution in [3.8, 4) is 11.4 Å². The average molecular weight is 292 g/mol. The predicted molar refractivity (Wildman–Crippen MR) is 73.4 cm³/mol. The summed E-state index contributed by atoms with van der Waals surface area (Å²) in [7, 11) is 0. The van der Waals surface area contributed by atoms with Crippen LogP contribution in [0.2, 0.25) is 5.02 Å². The Morgan fingerprint density at radius 2 is 2.10 bits per heavy atom. The van der Waals surface area contributed by atoms with E-state index in [2.05, 4.69) is 20.4 Å². The topological polar surface area (TPSA) is 86.8 Å². The molecule has 0 spiro atoms. The lowest BCUT2D eigenvalue weighted by Crippen LogP contribution is -2.27. The van der Waals surface area contributed by atoms with Crippen molar-refractivity contribution >= 4 is 23.8 Å². The maximum Gasteiger partial charge on any atom is 0.327 e. The molecular formula is C12H10ClN5O2. The standard InChI is InChI=1S/C12H10ClN5O2/c13-9-3-1-8(2-4-9)11-16-12(20-17-11)15-10-7-14-5-6-18(10)19/h1-5,7,19H,6H2,(H,15,16,17). The van der Waals surface area contributed by atoms with Gasteiger partial charge < -0.3 is 4.52 Å². The van der Waals surface area contributed by atoms with Crippen LogP contribution in [0.4, 0.5) is 6.01 Å². The van der Waals surface area contributed by atoms with E-state index in [1.807, 2.05) is 0 Å². The zero-order valence-corrected chi connectivity index (χ0v) is 10.9. The molecule has 1 aliphatic rings. The summed E-state index contributed by atoms with van der Waals surface area (Å²) in [4.78, 5) is 8.10. The van der Waals surface area contributed by atoms with Gasteiger partial charge in [0.1, 0.15) is 0 Å². The summed E-state index contributed by atoms with van der Waals surface area (Å²) in [6.07, 6.45) is 3.02. The predicted octanol–water partition coefficient (Wildman–Crippen LogP) is 2.38. The lowest BCUT2D eigenvalue weighted by molar-refractivity contribution is -0.0392. The summed E-state index contributed by atoms with van der Waals surface area (Å²) in [5, 5.41) is 17.9. The molecule has 2 heterocycles. The normalized spacial score (nSPS) is 14.3. The van der Waals surface area contributed by atoms with Crippen LogP contribution in [0, 0.1) is 0 Å². The first-order chi connectivity index (χ1) is 9.72. The van der Waals surface area contributed by atoms with Gasteiger partial charge in [-0.2, -0.15) is 4.98 Å². The van der Waals surface area contributed by atoms with E-state index in [0.29, 0.717) is 16.7 Å². The van der Waals surface area contributed by atoms with Crippen LogP contribution in [0.15, 0.2) is 45.8 Å². The molecule has 3 rings (SSSR count). The molecule has 0 radical (unpaired) electrons. The summed E-state index contributed by atoms with van der Waals surface area (Å²) in [5.74, 6) is 0.785. The molecule has 7 nitrogen and oxygen atoms in total. The molecule has 20 heavy (non-hydrogen) atoms. The third-order valence-electron chi connectivity index (χ3n) is 2.60. The minimum absolute atomic E-state index is 0.164. The molecule has 0 aliphatic carbocycles. The third-order valence-corrected chi connectivity index (χ3v) is 2.85. The monoisotopic (exact) mass is 291 g/mol. The van der Waals surface area contributed by atoms with Gasteiger partial charge in [-0.05, 0) is 24.3 Å². The number of benzene rings is 1. The van der Waals surface area contributed by atoms with Gasteiger partial charge >= 0.3 is 6.01 Å². The molecule has 0 bridgehead atoms. The number of halogens is 1. The van der Waals surface area contributed by atoms with Crippen molar-refractivity contribution in [2.24, 2.45) is 4.99 Å². The van der Waals surface area contributed by atoms with Gasteiger partial charge in [0.05, 0.1) is 12.7 Å². The number of aliphatic imine (C=N–C) groups is 1. The molecule has 0 fully saturated rings. The molecule has 0 unspecified atom stereocenters. The summed E-state index contributed by atoms with van der Waals surface area (Å²) in [6, 6.07) is 7.23. The van der Waals surface area contributed by atoms with Crippen LogP contribution in [-0.2, 0) is 0 Å². The van der Waals surface area contributed by atoms with Crippen LogP contribution < -0.4 is 5.32 Å². The number of nitrogens with one attached hydrogen (secondary N) is 1. The number of anilines is 1. The fourth-order valence-electron chi connectivity index (χ4n) is 1.61. The van der Waals surface area contributed by atoms with Gasteiger partial charge in [-0.25, -0.2) is 5.06 Å². The fraction of sp³-hybridized carbons (Fsp3) is 0.0833. The number of rotatable bonds is 3. The van der Waals surface area contributed by atoms with Crippen molar-refractivity contribution in [2.75, 3.05) is 11.9 Å². The zero-order valence-electron chi connectivity index (χ0n) is 10.2.